The van der Waals surface area contributed by atoms with Crippen LogP contribution in [0.4, 0.5) is 0 Å². The zero-order valence-corrected chi connectivity index (χ0v) is 11.0. The van der Waals surface area contributed by atoms with E-state index >= 15 is 0 Å². The van der Waals surface area contributed by atoms with Crippen LogP contribution in [0.2, 0.25) is 10.0 Å². The Morgan fingerprint density at radius 2 is 2.24 bits per heavy atom. The highest BCUT2D eigenvalue weighted by Gasteiger charge is 2.19. The third-order valence-corrected chi connectivity index (χ3v) is 3.94. The summed E-state index contributed by atoms with van der Waals surface area (Å²) in [7, 11) is 0. The molecule has 2 nitrogen and oxygen atoms in total. The molecule has 1 atom stereocenters. The number of rotatable bonds is 3. The van der Waals surface area contributed by atoms with Gasteiger partial charge in [0.1, 0.15) is 0 Å². The van der Waals surface area contributed by atoms with Crippen molar-refractivity contribution in [1.29, 1.82) is 0 Å². The van der Waals surface area contributed by atoms with Gasteiger partial charge in [0.2, 0.25) is 0 Å². The average molecular weight is 272 g/mol. The zero-order valence-electron chi connectivity index (χ0n) is 9.51. The summed E-state index contributed by atoms with van der Waals surface area (Å²) in [6.07, 6.45) is 2.80. The topological polar surface area (TPSA) is 29.1 Å². The Bertz CT molecular complexity index is 414. The van der Waals surface area contributed by atoms with Gasteiger partial charge in [0.15, 0.2) is 5.78 Å². The maximum Gasteiger partial charge on any atom is 0.164 e. The van der Waals surface area contributed by atoms with E-state index in [-0.39, 0.29) is 5.78 Å². The molecule has 0 radical (unpaired) electrons. The summed E-state index contributed by atoms with van der Waals surface area (Å²) in [5.74, 6) is 0.512. The molecule has 1 heterocycles. The third-order valence-electron chi connectivity index (χ3n) is 3.13. The molecule has 17 heavy (non-hydrogen) atoms. The van der Waals surface area contributed by atoms with Crippen molar-refractivity contribution in [3.63, 3.8) is 0 Å². The normalized spacial score (nSPS) is 20.2. The average Bonchev–Trinajstić information content (AvgIpc) is 2.34. The lowest BCUT2D eigenvalue weighted by molar-refractivity contribution is 0.0954. The van der Waals surface area contributed by atoms with Crippen LogP contribution in [0.15, 0.2) is 18.2 Å². The molecule has 0 saturated carbocycles. The number of halogens is 2. The van der Waals surface area contributed by atoms with Crippen molar-refractivity contribution < 1.29 is 4.79 Å². The van der Waals surface area contributed by atoms with E-state index in [9.17, 15) is 4.79 Å². The van der Waals surface area contributed by atoms with E-state index in [1.807, 2.05) is 0 Å². The van der Waals surface area contributed by atoms with Crippen LogP contribution in [0.25, 0.3) is 0 Å². The highest BCUT2D eigenvalue weighted by Crippen LogP contribution is 2.28. The Balaban J connectivity index is 2.06. The fraction of sp³-hybridized carbons (Fsp3) is 0.462. The van der Waals surface area contributed by atoms with Crippen molar-refractivity contribution in [1.82, 2.24) is 5.32 Å². The van der Waals surface area contributed by atoms with Gasteiger partial charge in [-0.1, -0.05) is 29.3 Å². The Morgan fingerprint density at radius 3 is 2.94 bits per heavy atom. The molecular formula is C13H15Cl2NO. The molecule has 0 aliphatic carbocycles. The predicted octanol–water partition coefficient (Wildman–Crippen LogP) is 3.57. The van der Waals surface area contributed by atoms with E-state index < -0.39 is 0 Å². The number of piperidine rings is 1. The van der Waals surface area contributed by atoms with Crippen LogP contribution in [0, 0.1) is 5.92 Å². The van der Waals surface area contributed by atoms with Crippen molar-refractivity contribution in [2.75, 3.05) is 13.1 Å². The molecule has 4 heteroatoms. The molecule has 1 aliphatic rings. The molecule has 1 N–H and O–H groups in total. The van der Waals surface area contributed by atoms with Crippen molar-refractivity contribution in [3.8, 4) is 0 Å². The molecule has 1 fully saturated rings. The molecule has 0 aromatic heterocycles. The zero-order chi connectivity index (χ0) is 12.3. The van der Waals surface area contributed by atoms with Gasteiger partial charge in [-0.3, -0.25) is 4.79 Å². The van der Waals surface area contributed by atoms with E-state index in [0.29, 0.717) is 27.9 Å². The summed E-state index contributed by atoms with van der Waals surface area (Å²) < 4.78 is 0. The monoisotopic (exact) mass is 271 g/mol. The number of hydrogen-bond donors (Lipinski definition) is 1. The first-order chi connectivity index (χ1) is 8.18. The SMILES string of the molecule is O=C(CC1CCCNC1)c1cccc(Cl)c1Cl. The van der Waals surface area contributed by atoms with Gasteiger partial charge in [-0.2, -0.15) is 0 Å². The van der Waals surface area contributed by atoms with E-state index in [4.69, 9.17) is 23.2 Å². The van der Waals surface area contributed by atoms with Crippen LogP contribution in [0.5, 0.6) is 0 Å². The number of carbonyl (C=O) groups excluding carboxylic acids is 1. The second-order valence-corrected chi connectivity index (χ2v) is 5.23. The van der Waals surface area contributed by atoms with Gasteiger partial charge in [-0.05, 0) is 44.0 Å². The summed E-state index contributed by atoms with van der Waals surface area (Å²) in [5, 5.41) is 4.13. The number of hydrogen-bond acceptors (Lipinski definition) is 2. The van der Waals surface area contributed by atoms with Crippen molar-refractivity contribution in [2.45, 2.75) is 19.3 Å². The Hall–Kier alpha value is -0.570. The summed E-state index contributed by atoms with van der Waals surface area (Å²) in [6, 6.07) is 5.20. The smallest absolute Gasteiger partial charge is 0.164 e. The fourth-order valence-corrected chi connectivity index (χ4v) is 2.60. The number of ketones is 1. The minimum Gasteiger partial charge on any atom is -0.316 e. The van der Waals surface area contributed by atoms with Crippen molar-refractivity contribution in [2.24, 2.45) is 5.92 Å². The standard InChI is InChI=1S/C13H15Cl2NO/c14-11-5-1-4-10(13(11)15)12(17)7-9-3-2-6-16-8-9/h1,4-5,9,16H,2-3,6-8H2. The molecule has 1 unspecified atom stereocenters. The van der Waals surface area contributed by atoms with Gasteiger partial charge < -0.3 is 5.32 Å². The van der Waals surface area contributed by atoms with Gasteiger partial charge in [-0.15, -0.1) is 0 Å². The molecule has 1 aliphatic heterocycles. The first kappa shape index (κ1) is 12.9. The Labute approximate surface area is 111 Å². The molecule has 0 amide bonds. The number of Topliss-reactive ketones (excluding diaryl/α,β-unsaturated/α-hetero) is 1. The largest absolute Gasteiger partial charge is 0.316 e. The molecule has 1 saturated heterocycles. The molecule has 92 valence electrons. The van der Waals surface area contributed by atoms with Crippen LogP contribution in [-0.2, 0) is 0 Å². The third kappa shape index (κ3) is 3.21. The van der Waals surface area contributed by atoms with Crippen LogP contribution in [-0.4, -0.2) is 18.9 Å². The number of carbonyl (C=O) groups is 1. The van der Waals surface area contributed by atoms with Gasteiger partial charge in [0.05, 0.1) is 10.0 Å². The fourth-order valence-electron chi connectivity index (χ4n) is 2.19. The number of nitrogens with one attached hydrogen (secondary N) is 1. The van der Waals surface area contributed by atoms with E-state index in [1.165, 1.54) is 0 Å². The van der Waals surface area contributed by atoms with Gasteiger partial charge in [-0.25, -0.2) is 0 Å². The summed E-state index contributed by atoms with van der Waals surface area (Å²) >= 11 is 11.9. The highest BCUT2D eigenvalue weighted by atomic mass is 35.5. The second kappa shape index (κ2) is 5.85. The van der Waals surface area contributed by atoms with Gasteiger partial charge >= 0.3 is 0 Å². The summed E-state index contributed by atoms with van der Waals surface area (Å²) in [4.78, 5) is 12.1. The maximum absolute atomic E-state index is 12.1. The summed E-state index contributed by atoms with van der Waals surface area (Å²) in [6.45, 7) is 1.98. The van der Waals surface area contributed by atoms with Gasteiger partial charge in [0, 0.05) is 12.0 Å². The van der Waals surface area contributed by atoms with Gasteiger partial charge in [0.25, 0.3) is 0 Å². The molecule has 0 spiro atoms. The second-order valence-electron chi connectivity index (χ2n) is 4.44. The Kier molecular flexibility index (Phi) is 4.43. The molecule has 1 aromatic carbocycles. The van der Waals surface area contributed by atoms with Crippen molar-refractivity contribution in [3.05, 3.63) is 33.8 Å². The van der Waals surface area contributed by atoms with Crippen LogP contribution >= 0.6 is 23.2 Å². The van der Waals surface area contributed by atoms with E-state index in [2.05, 4.69) is 5.32 Å². The first-order valence-corrected chi connectivity index (χ1v) is 6.62. The predicted molar refractivity (Wildman–Crippen MR) is 71.0 cm³/mol. The minimum absolute atomic E-state index is 0.0891. The van der Waals surface area contributed by atoms with Crippen LogP contribution in [0.3, 0.4) is 0 Å². The molecule has 1 aromatic rings. The lowest BCUT2D eigenvalue weighted by Gasteiger charge is -2.22. The lowest BCUT2D eigenvalue weighted by Crippen LogP contribution is -2.31. The molecular weight excluding hydrogens is 257 g/mol. The first-order valence-electron chi connectivity index (χ1n) is 5.86. The molecule has 2 rings (SSSR count). The summed E-state index contributed by atoms with van der Waals surface area (Å²) in [5.41, 5.74) is 0.546. The highest BCUT2D eigenvalue weighted by molar-refractivity contribution is 6.43. The molecule has 0 bridgehead atoms. The quantitative estimate of drug-likeness (QED) is 0.852. The maximum atomic E-state index is 12.1. The van der Waals surface area contributed by atoms with Crippen molar-refractivity contribution >= 4 is 29.0 Å². The number of benzene rings is 1. The van der Waals surface area contributed by atoms with E-state index in [0.717, 1.165) is 25.9 Å². The van der Waals surface area contributed by atoms with E-state index in [1.54, 1.807) is 18.2 Å². The van der Waals surface area contributed by atoms with Crippen LogP contribution in [0.1, 0.15) is 29.6 Å². The lowest BCUT2D eigenvalue weighted by atomic mass is 9.92. The Morgan fingerprint density at radius 1 is 1.41 bits per heavy atom. The minimum atomic E-state index is 0.0891. The van der Waals surface area contributed by atoms with Crippen LogP contribution < -0.4 is 5.32 Å².